The van der Waals surface area contributed by atoms with Gasteiger partial charge in [-0.3, -0.25) is 4.79 Å². The average Bonchev–Trinajstić information content (AvgIpc) is 3.20. The van der Waals surface area contributed by atoms with Gasteiger partial charge in [-0.05, 0) is 37.4 Å². The molecule has 3 aromatic carbocycles. The van der Waals surface area contributed by atoms with Crippen molar-refractivity contribution in [3.05, 3.63) is 77.6 Å². The maximum atomic E-state index is 12.9. The first-order valence-electron chi connectivity index (χ1n) is 10.4. The molecule has 164 valence electrons. The third-order valence-electron chi connectivity index (χ3n) is 5.12. The Morgan fingerprint density at radius 2 is 1.75 bits per heavy atom. The number of benzene rings is 3. The van der Waals surface area contributed by atoms with Crippen LogP contribution < -0.4 is 10.6 Å². The van der Waals surface area contributed by atoms with Gasteiger partial charge < -0.3 is 15.2 Å². The van der Waals surface area contributed by atoms with Gasteiger partial charge in [0.25, 0.3) is 0 Å². The molecule has 0 radical (unpaired) electrons. The average molecular weight is 466 g/mol. The molecule has 4 aromatic rings. The second-order valence-corrected chi connectivity index (χ2v) is 8.97. The van der Waals surface area contributed by atoms with Gasteiger partial charge in [0.15, 0.2) is 11.0 Å². The van der Waals surface area contributed by atoms with Crippen LogP contribution in [0.4, 0.5) is 11.4 Å². The number of nitrogens with zero attached hydrogens (tertiary/aromatic N) is 3. The van der Waals surface area contributed by atoms with Crippen LogP contribution >= 0.6 is 23.4 Å². The Morgan fingerprint density at radius 1 is 1.03 bits per heavy atom. The molecule has 8 heteroatoms. The van der Waals surface area contributed by atoms with Crippen molar-refractivity contribution in [2.75, 3.05) is 10.6 Å². The second-order valence-electron chi connectivity index (χ2n) is 7.25. The Labute approximate surface area is 196 Å². The topological polar surface area (TPSA) is 71.8 Å². The van der Waals surface area contributed by atoms with Gasteiger partial charge in [-0.1, -0.05) is 71.9 Å². The highest BCUT2D eigenvalue weighted by molar-refractivity contribution is 8.00. The fourth-order valence-electron chi connectivity index (χ4n) is 3.41. The summed E-state index contributed by atoms with van der Waals surface area (Å²) in [5.41, 5.74) is 1.65. The van der Waals surface area contributed by atoms with Crippen molar-refractivity contribution in [3.63, 3.8) is 0 Å². The van der Waals surface area contributed by atoms with E-state index in [1.54, 1.807) is 0 Å². The number of aromatic nitrogens is 3. The number of fused-ring (bicyclic) bond motifs is 1. The summed E-state index contributed by atoms with van der Waals surface area (Å²) in [5, 5.41) is 18.1. The normalized spacial score (nSPS) is 12.0. The number of carbonyl (C=O) groups is 1. The molecule has 0 aliphatic carbocycles. The van der Waals surface area contributed by atoms with Gasteiger partial charge in [-0.25, -0.2) is 0 Å². The molecule has 0 aliphatic heterocycles. The quantitative estimate of drug-likeness (QED) is 0.320. The summed E-state index contributed by atoms with van der Waals surface area (Å²) in [6, 6.07) is 21.5. The fourth-order valence-corrected chi connectivity index (χ4v) is 4.55. The van der Waals surface area contributed by atoms with Gasteiger partial charge in [0.05, 0.1) is 22.5 Å². The van der Waals surface area contributed by atoms with E-state index in [9.17, 15) is 4.79 Å². The van der Waals surface area contributed by atoms with E-state index >= 15 is 0 Å². The molecule has 0 aliphatic rings. The van der Waals surface area contributed by atoms with Gasteiger partial charge >= 0.3 is 0 Å². The van der Waals surface area contributed by atoms with Crippen LogP contribution in [0.15, 0.2) is 71.9 Å². The lowest BCUT2D eigenvalue weighted by Gasteiger charge is -2.14. The number of amides is 1. The fraction of sp³-hybridized carbons (Fsp3) is 0.208. The van der Waals surface area contributed by atoms with Crippen LogP contribution in [0.2, 0.25) is 5.02 Å². The first-order chi connectivity index (χ1) is 15.6. The monoisotopic (exact) mass is 465 g/mol. The summed E-state index contributed by atoms with van der Waals surface area (Å²) in [5.74, 6) is 0.712. The molecule has 0 spiro atoms. The van der Waals surface area contributed by atoms with E-state index in [2.05, 4.69) is 20.8 Å². The van der Waals surface area contributed by atoms with E-state index in [-0.39, 0.29) is 11.2 Å². The van der Waals surface area contributed by atoms with Gasteiger partial charge in [-0.2, -0.15) is 0 Å². The minimum Gasteiger partial charge on any atom is -0.377 e. The van der Waals surface area contributed by atoms with E-state index in [0.29, 0.717) is 23.3 Å². The summed E-state index contributed by atoms with van der Waals surface area (Å²) < 4.78 is 2.01. The van der Waals surface area contributed by atoms with E-state index in [1.165, 1.54) is 11.8 Å². The van der Waals surface area contributed by atoms with E-state index < -0.39 is 0 Å². The van der Waals surface area contributed by atoms with Crippen LogP contribution in [-0.2, 0) is 17.9 Å². The zero-order chi connectivity index (χ0) is 22.5. The molecule has 1 heterocycles. The summed E-state index contributed by atoms with van der Waals surface area (Å²) in [6.07, 6.45) is 0. The number of halogens is 1. The van der Waals surface area contributed by atoms with Crippen LogP contribution in [0.5, 0.6) is 0 Å². The van der Waals surface area contributed by atoms with Crippen molar-refractivity contribution < 1.29 is 4.79 Å². The molecule has 6 nitrogen and oxygen atoms in total. The lowest BCUT2D eigenvalue weighted by Crippen LogP contribution is -2.23. The first-order valence-corrected chi connectivity index (χ1v) is 11.7. The summed E-state index contributed by atoms with van der Waals surface area (Å²) in [6.45, 7) is 5.10. The van der Waals surface area contributed by atoms with Crippen molar-refractivity contribution in [1.29, 1.82) is 0 Å². The Balaban J connectivity index is 1.44. The third kappa shape index (κ3) is 4.89. The lowest BCUT2D eigenvalue weighted by atomic mass is 10.1. The number of rotatable bonds is 8. The minimum absolute atomic E-state index is 0.0762. The number of carbonyl (C=O) groups excluding carboxylic acids is 1. The van der Waals surface area contributed by atoms with Crippen molar-refractivity contribution in [2.45, 2.75) is 37.3 Å². The summed E-state index contributed by atoms with van der Waals surface area (Å²) >= 11 is 7.62. The molecular weight excluding hydrogens is 442 g/mol. The van der Waals surface area contributed by atoms with Crippen molar-refractivity contribution >= 4 is 51.4 Å². The smallest absolute Gasteiger partial charge is 0.237 e. The second kappa shape index (κ2) is 10.1. The van der Waals surface area contributed by atoms with Crippen LogP contribution in [0, 0.1) is 0 Å². The highest BCUT2D eigenvalue weighted by Gasteiger charge is 2.20. The molecule has 0 fully saturated rings. The van der Waals surface area contributed by atoms with E-state index in [0.717, 1.165) is 28.0 Å². The standard InChI is InChI=1S/C24H24ClN5OS/c1-3-30-22(15-26-21-13-7-6-12-19(21)25)28-29-24(30)32-16(2)23(31)27-20-14-8-10-17-9-4-5-11-18(17)20/h4-14,16,26H,3,15H2,1-2H3,(H,27,31). The molecule has 0 saturated heterocycles. The van der Waals surface area contributed by atoms with Gasteiger partial charge in [0.2, 0.25) is 5.91 Å². The number of para-hydroxylation sites is 1. The molecule has 1 unspecified atom stereocenters. The maximum absolute atomic E-state index is 12.9. The highest BCUT2D eigenvalue weighted by atomic mass is 35.5. The molecule has 1 atom stereocenters. The van der Waals surface area contributed by atoms with Gasteiger partial charge in [0, 0.05) is 17.6 Å². The molecule has 0 bridgehead atoms. The van der Waals surface area contributed by atoms with Crippen LogP contribution in [-0.4, -0.2) is 25.9 Å². The largest absolute Gasteiger partial charge is 0.377 e. The van der Waals surface area contributed by atoms with Gasteiger partial charge in [-0.15, -0.1) is 10.2 Å². The first kappa shape index (κ1) is 22.2. The molecule has 32 heavy (non-hydrogen) atoms. The lowest BCUT2D eigenvalue weighted by molar-refractivity contribution is -0.115. The maximum Gasteiger partial charge on any atom is 0.237 e. The van der Waals surface area contributed by atoms with Crippen molar-refractivity contribution in [2.24, 2.45) is 0 Å². The number of nitrogens with one attached hydrogen (secondary N) is 2. The van der Waals surface area contributed by atoms with E-state index in [1.807, 2.05) is 85.1 Å². The predicted octanol–water partition coefficient (Wildman–Crippen LogP) is 5.84. The van der Waals surface area contributed by atoms with E-state index in [4.69, 9.17) is 11.6 Å². The number of hydrogen-bond acceptors (Lipinski definition) is 5. The Bertz CT molecular complexity index is 1240. The van der Waals surface area contributed by atoms with Crippen LogP contribution in [0.3, 0.4) is 0 Å². The zero-order valence-corrected chi connectivity index (χ0v) is 19.5. The number of thioether (sulfide) groups is 1. The van der Waals surface area contributed by atoms with Gasteiger partial charge in [0.1, 0.15) is 0 Å². The third-order valence-corrected chi connectivity index (χ3v) is 6.53. The predicted molar refractivity (Wildman–Crippen MR) is 132 cm³/mol. The number of hydrogen-bond donors (Lipinski definition) is 2. The SMILES string of the molecule is CCn1c(CNc2ccccc2Cl)nnc1SC(C)C(=O)Nc1cccc2ccccc12. The Morgan fingerprint density at radius 3 is 2.56 bits per heavy atom. The molecular formula is C24H24ClN5OS. The molecule has 4 rings (SSSR count). The molecule has 2 N–H and O–H groups in total. The van der Waals surface area contributed by atoms with Crippen molar-refractivity contribution in [3.8, 4) is 0 Å². The highest BCUT2D eigenvalue weighted by Crippen LogP contribution is 2.27. The Kier molecular flexibility index (Phi) is 6.97. The molecule has 1 amide bonds. The number of anilines is 2. The Hall–Kier alpha value is -3.03. The van der Waals surface area contributed by atoms with Crippen molar-refractivity contribution in [1.82, 2.24) is 14.8 Å². The zero-order valence-electron chi connectivity index (χ0n) is 17.9. The summed E-state index contributed by atoms with van der Waals surface area (Å²) in [4.78, 5) is 12.9. The molecule has 1 aromatic heterocycles. The van der Waals surface area contributed by atoms with Crippen LogP contribution in [0.25, 0.3) is 10.8 Å². The minimum atomic E-state index is -0.340. The molecule has 0 saturated carbocycles. The van der Waals surface area contributed by atoms with Crippen LogP contribution in [0.1, 0.15) is 19.7 Å². The summed E-state index contributed by atoms with van der Waals surface area (Å²) in [7, 11) is 0.